The Labute approximate surface area is 164 Å². The molecule has 9 nitrogen and oxygen atoms in total. The molecule has 4 N–H and O–H groups in total. The normalized spacial score (nSPS) is 17.4. The summed E-state index contributed by atoms with van der Waals surface area (Å²) >= 11 is 3.07. The van der Waals surface area contributed by atoms with Crippen LogP contribution in [0.2, 0.25) is 0 Å². The van der Waals surface area contributed by atoms with Crippen LogP contribution in [-0.4, -0.2) is 45.1 Å². The second kappa shape index (κ2) is 7.73. The van der Waals surface area contributed by atoms with Crippen LogP contribution in [0.3, 0.4) is 0 Å². The smallest absolute Gasteiger partial charge is 0.382 e. The summed E-state index contributed by atoms with van der Waals surface area (Å²) in [5, 5.41) is 2.43. The average Bonchev–Trinajstić information content (AvgIpc) is 2.63. The minimum Gasteiger partial charge on any atom is -0.382 e. The molecule has 13 heteroatoms. The van der Waals surface area contributed by atoms with E-state index in [4.69, 9.17) is 5.73 Å². The van der Waals surface area contributed by atoms with Gasteiger partial charge in [0.2, 0.25) is 0 Å². The second-order valence-corrected chi connectivity index (χ2v) is 6.97. The van der Waals surface area contributed by atoms with E-state index < -0.39 is 23.7 Å². The summed E-state index contributed by atoms with van der Waals surface area (Å²) in [6.07, 6.45) is -1.58. The van der Waals surface area contributed by atoms with Crippen molar-refractivity contribution in [2.24, 2.45) is 5.92 Å². The second-order valence-electron chi connectivity index (χ2n) is 6.16. The molecule has 1 fully saturated rings. The van der Waals surface area contributed by atoms with Gasteiger partial charge in [0, 0.05) is 13.1 Å². The van der Waals surface area contributed by atoms with Crippen LogP contribution in [-0.2, 0) is 0 Å². The summed E-state index contributed by atoms with van der Waals surface area (Å²) in [5.74, 6) is -2.52. The predicted octanol–water partition coefficient (Wildman–Crippen LogP) is 1.94. The predicted molar refractivity (Wildman–Crippen MR) is 97.9 cm³/mol. The lowest BCUT2D eigenvalue weighted by Crippen LogP contribution is -2.42. The van der Waals surface area contributed by atoms with Crippen molar-refractivity contribution in [3.05, 3.63) is 33.2 Å². The number of piperidine rings is 1. The summed E-state index contributed by atoms with van der Waals surface area (Å²) in [6.45, 7) is 0.0148. The molecule has 1 amide bonds. The van der Waals surface area contributed by atoms with E-state index in [-0.39, 0.29) is 40.6 Å². The number of aromatic nitrogens is 4. The Morgan fingerprint density at radius 2 is 2.11 bits per heavy atom. The lowest BCUT2D eigenvalue weighted by molar-refractivity contribution is -0.176. The Morgan fingerprint density at radius 3 is 2.82 bits per heavy atom. The van der Waals surface area contributed by atoms with Crippen molar-refractivity contribution in [1.82, 2.24) is 19.9 Å². The highest BCUT2D eigenvalue weighted by molar-refractivity contribution is 9.10. The van der Waals surface area contributed by atoms with E-state index in [0.717, 1.165) is 6.20 Å². The Bertz CT molecular complexity index is 950. The zero-order valence-electron chi connectivity index (χ0n) is 14.3. The van der Waals surface area contributed by atoms with Gasteiger partial charge in [0.05, 0.1) is 24.0 Å². The number of carbonyl (C=O) groups excluding carboxylic acids is 1. The molecule has 28 heavy (non-hydrogen) atoms. The van der Waals surface area contributed by atoms with E-state index in [9.17, 15) is 22.8 Å². The zero-order chi connectivity index (χ0) is 20.5. The fourth-order valence-electron chi connectivity index (χ4n) is 2.90. The molecule has 0 aliphatic carbocycles. The molecule has 2 aromatic heterocycles. The van der Waals surface area contributed by atoms with Crippen molar-refractivity contribution in [1.29, 1.82) is 0 Å². The number of halogens is 4. The monoisotopic (exact) mass is 461 g/mol. The summed E-state index contributed by atoms with van der Waals surface area (Å²) in [5.41, 5.74) is 4.84. The highest BCUT2D eigenvalue weighted by atomic mass is 79.9. The van der Waals surface area contributed by atoms with Gasteiger partial charge in [0.15, 0.2) is 11.5 Å². The molecule has 0 bridgehead atoms. The molecule has 3 heterocycles. The number of rotatable bonds is 3. The molecule has 150 valence electrons. The third-order valence-electron chi connectivity index (χ3n) is 4.24. The van der Waals surface area contributed by atoms with Crippen molar-refractivity contribution in [2.45, 2.75) is 19.0 Å². The molecule has 1 aliphatic rings. The average molecular weight is 462 g/mol. The van der Waals surface area contributed by atoms with Gasteiger partial charge in [-0.3, -0.25) is 9.78 Å². The fraction of sp³-hybridized carbons (Fsp3) is 0.400. The third-order valence-corrected chi connectivity index (χ3v) is 4.62. The first-order chi connectivity index (χ1) is 13.1. The van der Waals surface area contributed by atoms with Gasteiger partial charge in [-0.05, 0) is 28.8 Å². The van der Waals surface area contributed by atoms with Crippen LogP contribution in [0.25, 0.3) is 0 Å². The summed E-state index contributed by atoms with van der Waals surface area (Å²) in [4.78, 5) is 39.2. The SMILES string of the molecule is Nc1ncc(Br)nc1C(=O)Nc1[nH]c(=O)ncc1N1CCCC(C(F)(F)F)C1. The number of carbonyl (C=O) groups is 1. The molecule has 1 aliphatic heterocycles. The maximum atomic E-state index is 13.1. The molecule has 1 unspecified atom stereocenters. The number of aromatic amines is 1. The van der Waals surface area contributed by atoms with Gasteiger partial charge in [-0.15, -0.1) is 0 Å². The first-order valence-corrected chi connectivity index (χ1v) is 8.95. The Balaban J connectivity index is 1.90. The van der Waals surface area contributed by atoms with E-state index in [1.807, 2.05) is 0 Å². The van der Waals surface area contributed by atoms with Gasteiger partial charge in [-0.25, -0.2) is 14.8 Å². The summed E-state index contributed by atoms with van der Waals surface area (Å²) in [6, 6.07) is 0. The zero-order valence-corrected chi connectivity index (χ0v) is 15.8. The fourth-order valence-corrected chi connectivity index (χ4v) is 3.18. The van der Waals surface area contributed by atoms with E-state index in [0.29, 0.717) is 13.0 Å². The number of nitrogens with two attached hydrogens (primary N) is 1. The van der Waals surface area contributed by atoms with Crippen molar-refractivity contribution in [2.75, 3.05) is 29.0 Å². The van der Waals surface area contributed by atoms with Crippen LogP contribution in [0.15, 0.2) is 21.8 Å². The van der Waals surface area contributed by atoms with Crippen LogP contribution in [0.4, 0.5) is 30.5 Å². The van der Waals surface area contributed by atoms with E-state index in [2.05, 4.69) is 41.2 Å². The molecule has 1 saturated heterocycles. The largest absolute Gasteiger partial charge is 0.393 e. The Morgan fingerprint density at radius 1 is 1.36 bits per heavy atom. The van der Waals surface area contributed by atoms with Crippen LogP contribution in [0.1, 0.15) is 23.3 Å². The van der Waals surface area contributed by atoms with E-state index in [1.54, 1.807) is 0 Å². The number of nitrogens with one attached hydrogen (secondary N) is 2. The van der Waals surface area contributed by atoms with Crippen LogP contribution >= 0.6 is 15.9 Å². The molecule has 0 radical (unpaired) electrons. The molecular weight excluding hydrogens is 447 g/mol. The maximum Gasteiger partial charge on any atom is 0.393 e. The van der Waals surface area contributed by atoms with Gasteiger partial charge in [0.1, 0.15) is 10.4 Å². The first kappa shape index (κ1) is 20.0. The number of anilines is 3. The summed E-state index contributed by atoms with van der Waals surface area (Å²) in [7, 11) is 0. The van der Waals surface area contributed by atoms with Gasteiger partial charge in [-0.2, -0.15) is 18.2 Å². The highest BCUT2D eigenvalue weighted by Crippen LogP contribution is 2.36. The first-order valence-electron chi connectivity index (χ1n) is 8.15. The third kappa shape index (κ3) is 4.40. The van der Waals surface area contributed by atoms with Gasteiger partial charge < -0.3 is 16.0 Å². The molecule has 0 aromatic carbocycles. The number of amides is 1. The molecule has 1 atom stereocenters. The van der Waals surface area contributed by atoms with Crippen LogP contribution < -0.4 is 21.6 Å². The number of nitrogen functional groups attached to an aromatic ring is 1. The van der Waals surface area contributed by atoms with Gasteiger partial charge in [0.25, 0.3) is 5.91 Å². The standard InChI is InChI=1S/C15H15BrF3N7O2/c16-9-5-21-11(20)10(23-9)13(27)24-12-8(4-22-14(28)25-12)26-3-1-2-7(6-26)15(17,18)19/h4-5,7H,1-3,6H2,(H2,20,21)(H2,22,24,25,27,28). The Hall–Kier alpha value is -2.70. The number of H-pyrrole nitrogens is 1. The van der Waals surface area contributed by atoms with Gasteiger partial charge >= 0.3 is 11.9 Å². The van der Waals surface area contributed by atoms with Crippen LogP contribution in [0.5, 0.6) is 0 Å². The van der Waals surface area contributed by atoms with Crippen molar-refractivity contribution in [3.63, 3.8) is 0 Å². The lowest BCUT2D eigenvalue weighted by Gasteiger charge is -2.35. The molecular formula is C15H15BrF3N7O2. The minimum absolute atomic E-state index is 0.0165. The van der Waals surface area contributed by atoms with E-state index >= 15 is 0 Å². The lowest BCUT2D eigenvalue weighted by atomic mass is 9.97. The van der Waals surface area contributed by atoms with Crippen molar-refractivity contribution < 1.29 is 18.0 Å². The molecule has 2 aromatic rings. The highest BCUT2D eigenvalue weighted by Gasteiger charge is 2.42. The molecule has 0 saturated carbocycles. The molecule has 0 spiro atoms. The van der Waals surface area contributed by atoms with E-state index in [1.165, 1.54) is 11.1 Å². The number of alkyl halides is 3. The summed E-state index contributed by atoms with van der Waals surface area (Å²) < 4.78 is 39.6. The Kier molecular flexibility index (Phi) is 5.54. The topological polar surface area (TPSA) is 130 Å². The quantitative estimate of drug-likeness (QED) is 0.636. The van der Waals surface area contributed by atoms with Gasteiger partial charge in [-0.1, -0.05) is 0 Å². The number of hydrogen-bond donors (Lipinski definition) is 3. The van der Waals surface area contributed by atoms with Crippen molar-refractivity contribution >= 4 is 39.2 Å². The molecule has 3 rings (SSSR count). The minimum atomic E-state index is -4.34. The maximum absolute atomic E-state index is 13.1. The van der Waals surface area contributed by atoms with Crippen molar-refractivity contribution in [3.8, 4) is 0 Å². The number of hydrogen-bond acceptors (Lipinski definition) is 7. The number of nitrogens with zero attached hydrogens (tertiary/aromatic N) is 4. The van der Waals surface area contributed by atoms with Crippen LogP contribution in [0, 0.1) is 5.92 Å².